The van der Waals surface area contributed by atoms with Crippen molar-refractivity contribution in [3.8, 4) is 0 Å². The molecule has 0 heterocycles. The molecule has 0 bridgehead atoms. The van der Waals surface area contributed by atoms with Crippen molar-refractivity contribution in [2.24, 2.45) is 16.9 Å². The molecule has 1 aliphatic carbocycles. The van der Waals surface area contributed by atoms with Gasteiger partial charge in [-0.3, -0.25) is 9.59 Å². The number of hydrogen-bond acceptors (Lipinski definition) is 3. The fraction of sp³-hybridized carbons (Fsp3) is 0.250. The maximum atomic E-state index is 12.2. The standard InChI is InChI=1S/C16H17Cl2N3O2/c1-16(15(20)23)5-4-10(7-13(16)19)14(22)21-8-9-2-3-11(17)12(18)6-9/h2-7,13H,8,19H2,1H3,(H2,20,23)(H,21,22). The molecule has 0 saturated carbocycles. The lowest BCUT2D eigenvalue weighted by atomic mass is 9.77. The molecule has 2 unspecified atom stereocenters. The molecule has 0 spiro atoms. The fourth-order valence-corrected chi connectivity index (χ4v) is 2.45. The lowest BCUT2D eigenvalue weighted by Crippen LogP contribution is -2.48. The monoisotopic (exact) mass is 353 g/mol. The topological polar surface area (TPSA) is 98.2 Å². The summed E-state index contributed by atoms with van der Waals surface area (Å²) in [5.41, 5.74) is 11.5. The molecule has 1 aromatic rings. The van der Waals surface area contributed by atoms with E-state index in [1.165, 1.54) is 6.08 Å². The van der Waals surface area contributed by atoms with Crippen LogP contribution in [0, 0.1) is 5.41 Å². The van der Waals surface area contributed by atoms with Gasteiger partial charge in [0.05, 0.1) is 15.5 Å². The zero-order chi connectivity index (χ0) is 17.2. The minimum absolute atomic E-state index is 0.295. The molecule has 1 aromatic carbocycles. The van der Waals surface area contributed by atoms with Crippen LogP contribution < -0.4 is 16.8 Å². The van der Waals surface area contributed by atoms with E-state index in [-0.39, 0.29) is 5.91 Å². The Bertz CT molecular complexity index is 715. The van der Waals surface area contributed by atoms with Crippen molar-refractivity contribution in [1.82, 2.24) is 5.32 Å². The molecule has 0 aliphatic heterocycles. The molecule has 7 heteroatoms. The van der Waals surface area contributed by atoms with E-state index in [9.17, 15) is 9.59 Å². The molecular formula is C16H17Cl2N3O2. The molecule has 2 atom stereocenters. The quantitative estimate of drug-likeness (QED) is 0.770. The lowest BCUT2D eigenvalue weighted by Gasteiger charge is -2.30. The zero-order valence-corrected chi connectivity index (χ0v) is 14.0. The number of primary amides is 1. The Labute approximate surface area is 144 Å². The first-order valence-electron chi connectivity index (χ1n) is 6.92. The Hall–Kier alpha value is -1.82. The molecule has 122 valence electrons. The van der Waals surface area contributed by atoms with Crippen LogP contribution in [-0.2, 0) is 16.1 Å². The van der Waals surface area contributed by atoms with Crippen LogP contribution in [0.1, 0.15) is 12.5 Å². The minimum Gasteiger partial charge on any atom is -0.369 e. The van der Waals surface area contributed by atoms with Crippen molar-refractivity contribution in [2.45, 2.75) is 19.5 Å². The van der Waals surface area contributed by atoms with Crippen molar-refractivity contribution in [3.63, 3.8) is 0 Å². The molecule has 0 saturated heterocycles. The normalized spacial score (nSPS) is 23.3. The van der Waals surface area contributed by atoms with Crippen LogP contribution in [0.5, 0.6) is 0 Å². The second kappa shape index (κ2) is 6.74. The Kier molecular flexibility index (Phi) is 5.14. The number of amides is 2. The molecule has 0 aromatic heterocycles. The fourth-order valence-electron chi connectivity index (χ4n) is 2.13. The second-order valence-corrected chi connectivity index (χ2v) is 6.37. The summed E-state index contributed by atoms with van der Waals surface area (Å²) in [7, 11) is 0. The third-order valence-electron chi connectivity index (χ3n) is 3.89. The highest BCUT2D eigenvalue weighted by Gasteiger charge is 2.36. The summed E-state index contributed by atoms with van der Waals surface area (Å²) < 4.78 is 0. The predicted octanol–water partition coefficient (Wildman–Crippen LogP) is 1.92. The lowest BCUT2D eigenvalue weighted by molar-refractivity contribution is -0.125. The summed E-state index contributed by atoms with van der Waals surface area (Å²) >= 11 is 11.8. The van der Waals surface area contributed by atoms with Crippen LogP contribution >= 0.6 is 23.2 Å². The molecule has 0 fully saturated rings. The maximum Gasteiger partial charge on any atom is 0.251 e. The van der Waals surface area contributed by atoms with E-state index >= 15 is 0 Å². The largest absolute Gasteiger partial charge is 0.369 e. The molecular weight excluding hydrogens is 337 g/mol. The summed E-state index contributed by atoms with van der Waals surface area (Å²) in [5.74, 6) is -0.831. The van der Waals surface area contributed by atoms with Crippen LogP contribution in [0.4, 0.5) is 0 Å². The van der Waals surface area contributed by atoms with E-state index in [1.807, 2.05) is 0 Å². The molecule has 0 radical (unpaired) electrons. The third-order valence-corrected chi connectivity index (χ3v) is 4.63. The van der Waals surface area contributed by atoms with Crippen molar-refractivity contribution in [1.29, 1.82) is 0 Å². The van der Waals surface area contributed by atoms with E-state index in [4.69, 9.17) is 34.7 Å². The number of carbonyl (C=O) groups excluding carboxylic acids is 2. The maximum absolute atomic E-state index is 12.2. The number of benzene rings is 1. The molecule has 5 nitrogen and oxygen atoms in total. The average Bonchev–Trinajstić information content (AvgIpc) is 2.50. The molecule has 1 aliphatic rings. The van der Waals surface area contributed by atoms with Gasteiger partial charge < -0.3 is 16.8 Å². The highest BCUT2D eigenvalue weighted by atomic mass is 35.5. The van der Waals surface area contributed by atoms with Crippen molar-refractivity contribution >= 4 is 35.0 Å². The molecule has 5 N–H and O–H groups in total. The average molecular weight is 354 g/mol. The van der Waals surface area contributed by atoms with Gasteiger partial charge in [-0.25, -0.2) is 0 Å². The molecule has 2 amide bonds. The van der Waals surface area contributed by atoms with Gasteiger partial charge in [-0.2, -0.15) is 0 Å². The number of carbonyl (C=O) groups is 2. The van der Waals surface area contributed by atoms with Crippen molar-refractivity contribution in [2.75, 3.05) is 0 Å². The zero-order valence-electron chi connectivity index (χ0n) is 12.5. The number of halogens is 2. The number of nitrogens with two attached hydrogens (primary N) is 2. The van der Waals surface area contributed by atoms with Crippen LogP contribution in [0.15, 0.2) is 42.0 Å². The highest BCUT2D eigenvalue weighted by Crippen LogP contribution is 2.28. The van der Waals surface area contributed by atoms with Gasteiger partial charge >= 0.3 is 0 Å². The van der Waals surface area contributed by atoms with Gasteiger partial charge in [0.25, 0.3) is 5.91 Å². The second-order valence-electron chi connectivity index (χ2n) is 5.56. The Morgan fingerprint density at radius 1 is 1.30 bits per heavy atom. The first-order chi connectivity index (χ1) is 10.7. The van der Waals surface area contributed by atoms with Gasteiger partial charge in [0, 0.05) is 18.2 Å². The van der Waals surface area contributed by atoms with Gasteiger partial charge in [0.2, 0.25) is 5.91 Å². The van der Waals surface area contributed by atoms with E-state index in [0.29, 0.717) is 22.2 Å². The molecule has 23 heavy (non-hydrogen) atoms. The SMILES string of the molecule is CC1(C(N)=O)C=CC(C(=O)NCc2ccc(Cl)c(Cl)c2)=CC1N. The van der Waals surface area contributed by atoms with E-state index in [2.05, 4.69) is 5.32 Å². The Morgan fingerprint density at radius 3 is 2.57 bits per heavy atom. The van der Waals surface area contributed by atoms with Crippen molar-refractivity contribution < 1.29 is 9.59 Å². The first kappa shape index (κ1) is 17.5. The number of nitrogens with one attached hydrogen (secondary N) is 1. The summed E-state index contributed by atoms with van der Waals surface area (Å²) in [6.07, 6.45) is 4.65. The predicted molar refractivity (Wildman–Crippen MR) is 90.8 cm³/mol. The van der Waals surface area contributed by atoms with E-state index in [1.54, 1.807) is 37.3 Å². The summed E-state index contributed by atoms with van der Waals surface area (Å²) in [6.45, 7) is 1.93. The highest BCUT2D eigenvalue weighted by molar-refractivity contribution is 6.42. The van der Waals surface area contributed by atoms with Gasteiger partial charge in [0.15, 0.2) is 0 Å². The summed E-state index contributed by atoms with van der Waals surface area (Å²) in [5, 5.41) is 3.64. The van der Waals surface area contributed by atoms with E-state index in [0.717, 1.165) is 5.56 Å². The Morgan fingerprint density at radius 2 is 2.00 bits per heavy atom. The molecule has 2 rings (SSSR count). The number of hydrogen-bond donors (Lipinski definition) is 3. The third kappa shape index (κ3) is 3.75. The number of rotatable bonds is 4. The van der Waals surface area contributed by atoms with Crippen LogP contribution in [-0.4, -0.2) is 17.9 Å². The Balaban J connectivity index is 2.03. The van der Waals surface area contributed by atoms with Gasteiger partial charge in [-0.05, 0) is 24.6 Å². The smallest absolute Gasteiger partial charge is 0.251 e. The van der Waals surface area contributed by atoms with Gasteiger partial charge in [-0.15, -0.1) is 0 Å². The van der Waals surface area contributed by atoms with Crippen LogP contribution in [0.25, 0.3) is 0 Å². The van der Waals surface area contributed by atoms with Crippen LogP contribution in [0.2, 0.25) is 10.0 Å². The van der Waals surface area contributed by atoms with E-state index < -0.39 is 17.4 Å². The van der Waals surface area contributed by atoms with Crippen LogP contribution in [0.3, 0.4) is 0 Å². The summed E-state index contributed by atoms with van der Waals surface area (Å²) in [6, 6.07) is 4.47. The minimum atomic E-state index is -0.993. The van der Waals surface area contributed by atoms with Crippen molar-refractivity contribution in [3.05, 3.63) is 57.6 Å². The van der Waals surface area contributed by atoms with Gasteiger partial charge in [0.1, 0.15) is 0 Å². The van der Waals surface area contributed by atoms with Gasteiger partial charge in [-0.1, -0.05) is 47.5 Å². The summed E-state index contributed by atoms with van der Waals surface area (Å²) in [4.78, 5) is 23.7. The first-order valence-corrected chi connectivity index (χ1v) is 7.68.